The van der Waals surface area contributed by atoms with Crippen molar-refractivity contribution in [1.82, 2.24) is 10.3 Å². The number of aromatic nitrogens is 1. The molecule has 0 aliphatic carbocycles. The van der Waals surface area contributed by atoms with Gasteiger partial charge in [0.2, 0.25) is 5.75 Å². The van der Waals surface area contributed by atoms with Crippen molar-refractivity contribution in [3.05, 3.63) is 41.7 Å². The van der Waals surface area contributed by atoms with Crippen LogP contribution in [0.5, 0.6) is 17.2 Å². The van der Waals surface area contributed by atoms with E-state index < -0.39 is 5.91 Å². The van der Waals surface area contributed by atoms with E-state index in [2.05, 4.69) is 15.6 Å². The number of hydrogen-bond acceptors (Lipinski definition) is 6. The quantitative estimate of drug-likeness (QED) is 0.774. The third kappa shape index (κ3) is 4.87. The highest BCUT2D eigenvalue weighted by atomic mass is 16.5. The van der Waals surface area contributed by atoms with Gasteiger partial charge in [-0.25, -0.2) is 0 Å². The molecule has 2 amide bonds. The number of carbonyl (C=O) groups is 2. The van der Waals surface area contributed by atoms with E-state index >= 15 is 0 Å². The minimum absolute atomic E-state index is 0.0315. The predicted molar refractivity (Wildman–Crippen MR) is 101 cm³/mol. The smallest absolute Gasteiger partial charge is 0.270 e. The van der Waals surface area contributed by atoms with Gasteiger partial charge in [0.05, 0.1) is 21.3 Å². The standard InChI is InChI=1S/C19H23N3O5/c1-11(2)21-19(24)14-8-12(6-7-20-14)18(23)22-13-9-15(25-3)17(27-5)16(10-13)26-4/h6-11H,1-5H3,(H,21,24)(H,22,23). The molecule has 1 aromatic heterocycles. The molecule has 1 heterocycles. The molecule has 8 heteroatoms. The largest absolute Gasteiger partial charge is 0.493 e. The first-order valence-electron chi connectivity index (χ1n) is 8.27. The minimum atomic E-state index is -0.398. The summed E-state index contributed by atoms with van der Waals surface area (Å²) < 4.78 is 15.8. The highest BCUT2D eigenvalue weighted by Gasteiger charge is 2.16. The monoisotopic (exact) mass is 373 g/mol. The van der Waals surface area contributed by atoms with E-state index in [1.807, 2.05) is 13.8 Å². The van der Waals surface area contributed by atoms with E-state index in [0.717, 1.165) is 0 Å². The number of nitrogens with zero attached hydrogens (tertiary/aromatic N) is 1. The second kappa shape index (κ2) is 8.88. The van der Waals surface area contributed by atoms with Gasteiger partial charge in [0, 0.05) is 35.6 Å². The van der Waals surface area contributed by atoms with Crippen molar-refractivity contribution in [1.29, 1.82) is 0 Å². The zero-order chi connectivity index (χ0) is 20.0. The molecule has 27 heavy (non-hydrogen) atoms. The predicted octanol–water partition coefficient (Wildman–Crippen LogP) is 2.50. The molecule has 144 valence electrons. The molecule has 0 aliphatic rings. The van der Waals surface area contributed by atoms with Crippen LogP contribution >= 0.6 is 0 Å². The van der Waals surface area contributed by atoms with Crippen LogP contribution in [-0.4, -0.2) is 44.2 Å². The fourth-order valence-electron chi connectivity index (χ4n) is 2.39. The molecular weight excluding hydrogens is 350 g/mol. The first kappa shape index (κ1) is 20.0. The topological polar surface area (TPSA) is 98.8 Å². The molecule has 1 aromatic carbocycles. The molecule has 2 aromatic rings. The number of amides is 2. The van der Waals surface area contributed by atoms with Gasteiger partial charge in [0.15, 0.2) is 11.5 Å². The van der Waals surface area contributed by atoms with Crippen LogP contribution in [-0.2, 0) is 0 Å². The Kier molecular flexibility index (Phi) is 6.59. The number of nitrogens with one attached hydrogen (secondary N) is 2. The number of ether oxygens (including phenoxy) is 3. The summed E-state index contributed by atoms with van der Waals surface area (Å²) in [7, 11) is 4.48. The highest BCUT2D eigenvalue weighted by Crippen LogP contribution is 2.40. The summed E-state index contributed by atoms with van der Waals surface area (Å²) in [6, 6.07) is 6.17. The Morgan fingerprint density at radius 1 is 0.963 bits per heavy atom. The maximum Gasteiger partial charge on any atom is 0.270 e. The van der Waals surface area contributed by atoms with E-state index in [1.165, 1.54) is 39.7 Å². The lowest BCUT2D eigenvalue weighted by molar-refractivity contribution is 0.0938. The van der Waals surface area contributed by atoms with Crippen LogP contribution < -0.4 is 24.8 Å². The van der Waals surface area contributed by atoms with Crippen molar-refractivity contribution in [2.45, 2.75) is 19.9 Å². The van der Waals surface area contributed by atoms with Gasteiger partial charge >= 0.3 is 0 Å². The van der Waals surface area contributed by atoms with E-state index in [0.29, 0.717) is 28.5 Å². The average molecular weight is 373 g/mol. The lowest BCUT2D eigenvalue weighted by Crippen LogP contribution is -2.31. The number of pyridine rings is 1. The molecule has 0 unspecified atom stereocenters. The summed E-state index contributed by atoms with van der Waals surface area (Å²) in [6.07, 6.45) is 1.42. The van der Waals surface area contributed by atoms with Crippen molar-refractivity contribution < 1.29 is 23.8 Å². The molecule has 0 fully saturated rings. The van der Waals surface area contributed by atoms with Crippen LogP contribution in [0.2, 0.25) is 0 Å². The molecule has 8 nitrogen and oxygen atoms in total. The van der Waals surface area contributed by atoms with Crippen LogP contribution in [0.1, 0.15) is 34.7 Å². The zero-order valence-corrected chi connectivity index (χ0v) is 16.0. The molecule has 0 saturated heterocycles. The van der Waals surface area contributed by atoms with Gasteiger partial charge in [-0.3, -0.25) is 14.6 Å². The van der Waals surface area contributed by atoms with E-state index in [-0.39, 0.29) is 17.6 Å². The van der Waals surface area contributed by atoms with E-state index in [9.17, 15) is 9.59 Å². The van der Waals surface area contributed by atoms with Gasteiger partial charge in [-0.1, -0.05) is 0 Å². The Morgan fingerprint density at radius 2 is 1.59 bits per heavy atom. The second-order valence-corrected chi connectivity index (χ2v) is 5.93. The maximum absolute atomic E-state index is 12.6. The minimum Gasteiger partial charge on any atom is -0.493 e. The Hall–Kier alpha value is -3.29. The highest BCUT2D eigenvalue weighted by molar-refractivity contribution is 6.06. The molecule has 0 radical (unpaired) electrons. The average Bonchev–Trinajstić information content (AvgIpc) is 2.66. The number of carbonyl (C=O) groups excluding carboxylic acids is 2. The Labute approximate surface area is 157 Å². The Bertz CT molecular complexity index is 811. The Morgan fingerprint density at radius 3 is 2.11 bits per heavy atom. The van der Waals surface area contributed by atoms with E-state index in [1.54, 1.807) is 12.1 Å². The summed E-state index contributed by atoms with van der Waals surface area (Å²) in [5.74, 6) is 0.519. The normalized spacial score (nSPS) is 10.3. The lowest BCUT2D eigenvalue weighted by Gasteiger charge is -2.14. The van der Waals surface area contributed by atoms with Crippen molar-refractivity contribution >= 4 is 17.5 Å². The number of hydrogen-bond donors (Lipinski definition) is 2. The molecule has 2 rings (SSSR count). The number of benzene rings is 1. The third-order valence-corrected chi connectivity index (χ3v) is 3.60. The number of anilines is 1. The number of rotatable bonds is 7. The summed E-state index contributed by atoms with van der Waals surface area (Å²) in [5.41, 5.74) is 0.924. The third-order valence-electron chi connectivity index (χ3n) is 3.60. The molecule has 0 aliphatic heterocycles. The molecule has 0 saturated carbocycles. The summed E-state index contributed by atoms with van der Waals surface area (Å²) in [6.45, 7) is 3.69. The van der Waals surface area contributed by atoms with Crippen LogP contribution in [0.25, 0.3) is 0 Å². The van der Waals surface area contributed by atoms with Gasteiger partial charge in [0.1, 0.15) is 5.69 Å². The van der Waals surface area contributed by atoms with Crippen LogP contribution in [0, 0.1) is 0 Å². The fraction of sp³-hybridized carbons (Fsp3) is 0.316. The summed E-state index contributed by atoms with van der Waals surface area (Å²) in [4.78, 5) is 28.7. The number of methoxy groups -OCH3 is 3. The fourth-order valence-corrected chi connectivity index (χ4v) is 2.39. The molecule has 0 atom stereocenters. The lowest BCUT2D eigenvalue weighted by atomic mass is 10.2. The molecular formula is C19H23N3O5. The Balaban J connectivity index is 2.26. The van der Waals surface area contributed by atoms with Gasteiger partial charge in [-0.15, -0.1) is 0 Å². The zero-order valence-electron chi connectivity index (χ0n) is 16.0. The van der Waals surface area contributed by atoms with Gasteiger partial charge in [0.25, 0.3) is 11.8 Å². The van der Waals surface area contributed by atoms with E-state index in [4.69, 9.17) is 14.2 Å². The van der Waals surface area contributed by atoms with Crippen molar-refractivity contribution in [2.75, 3.05) is 26.6 Å². The first-order valence-corrected chi connectivity index (χ1v) is 8.27. The van der Waals surface area contributed by atoms with Gasteiger partial charge in [-0.2, -0.15) is 0 Å². The first-order chi connectivity index (χ1) is 12.9. The van der Waals surface area contributed by atoms with Gasteiger partial charge < -0.3 is 24.8 Å². The molecule has 0 bridgehead atoms. The van der Waals surface area contributed by atoms with Crippen LogP contribution in [0.15, 0.2) is 30.5 Å². The second-order valence-electron chi connectivity index (χ2n) is 5.93. The van der Waals surface area contributed by atoms with Crippen LogP contribution in [0.4, 0.5) is 5.69 Å². The SMILES string of the molecule is COc1cc(NC(=O)c2ccnc(C(=O)NC(C)C)c2)cc(OC)c1OC. The van der Waals surface area contributed by atoms with Crippen LogP contribution in [0.3, 0.4) is 0 Å². The maximum atomic E-state index is 12.6. The molecule has 0 spiro atoms. The van der Waals surface area contributed by atoms with Crippen molar-refractivity contribution in [3.8, 4) is 17.2 Å². The summed E-state index contributed by atoms with van der Waals surface area (Å²) >= 11 is 0. The summed E-state index contributed by atoms with van der Waals surface area (Å²) in [5, 5.41) is 5.49. The van der Waals surface area contributed by atoms with Crippen molar-refractivity contribution in [2.24, 2.45) is 0 Å². The van der Waals surface area contributed by atoms with Crippen molar-refractivity contribution in [3.63, 3.8) is 0 Å². The molecule has 2 N–H and O–H groups in total. The van der Waals surface area contributed by atoms with Gasteiger partial charge in [-0.05, 0) is 26.0 Å².